The van der Waals surface area contributed by atoms with E-state index in [0.29, 0.717) is 17.5 Å². The van der Waals surface area contributed by atoms with Crippen LogP contribution in [0.25, 0.3) is 108 Å². The topological polar surface area (TPSA) is 51.6 Å². The fraction of sp³-hybridized carbons (Fsp3) is 0. The van der Waals surface area contributed by atoms with E-state index in [1.165, 1.54) is 36.3 Å². The Kier molecular flexibility index (Phi) is 7.18. The van der Waals surface area contributed by atoms with Gasteiger partial charge >= 0.3 is 0 Å². The van der Waals surface area contributed by atoms with Crippen molar-refractivity contribution in [2.75, 3.05) is 0 Å². The second kappa shape index (κ2) is 12.5. The standard InChI is InChI=1S/C48H28N4S2/c1-4-13-29(14-5-1)33-20-12-21-34(27-33)46-50-45(31-16-6-2-7-17-31)51-47(52-46)41-36-24-23-30-15-10-11-22-35(30)38(36)28-39-37-25-26-40-44(43(37)53-42(39)41)54-48(49-40)32-18-8-3-9-19-32/h1-28H. The Labute approximate surface area is 318 Å². The van der Waals surface area contributed by atoms with Gasteiger partial charge < -0.3 is 0 Å². The highest BCUT2D eigenvalue weighted by Crippen LogP contribution is 2.48. The van der Waals surface area contributed by atoms with Crippen molar-refractivity contribution in [3.8, 4) is 55.9 Å². The van der Waals surface area contributed by atoms with Gasteiger partial charge in [0.25, 0.3) is 0 Å². The van der Waals surface area contributed by atoms with E-state index >= 15 is 0 Å². The van der Waals surface area contributed by atoms with Crippen molar-refractivity contribution < 1.29 is 0 Å². The molecular weight excluding hydrogens is 697 g/mol. The molecule has 11 rings (SSSR count). The van der Waals surface area contributed by atoms with Gasteiger partial charge in [-0.25, -0.2) is 19.9 Å². The fourth-order valence-electron chi connectivity index (χ4n) is 7.55. The Morgan fingerprint density at radius 3 is 1.74 bits per heavy atom. The maximum Gasteiger partial charge on any atom is 0.166 e. The van der Waals surface area contributed by atoms with Crippen molar-refractivity contribution in [1.29, 1.82) is 0 Å². The van der Waals surface area contributed by atoms with E-state index in [4.69, 9.17) is 19.9 Å². The van der Waals surface area contributed by atoms with E-state index in [1.54, 1.807) is 11.3 Å². The van der Waals surface area contributed by atoms with Crippen molar-refractivity contribution >= 4 is 74.6 Å². The molecule has 0 aliphatic heterocycles. The number of hydrogen-bond acceptors (Lipinski definition) is 6. The zero-order chi connectivity index (χ0) is 35.6. The average Bonchev–Trinajstić information content (AvgIpc) is 3.86. The molecule has 0 aliphatic rings. The van der Waals surface area contributed by atoms with Crippen LogP contribution in [0.5, 0.6) is 0 Å². The summed E-state index contributed by atoms with van der Waals surface area (Å²) in [6.07, 6.45) is 0. The number of thiophene rings is 1. The summed E-state index contributed by atoms with van der Waals surface area (Å²) in [6, 6.07) is 59.5. The highest BCUT2D eigenvalue weighted by atomic mass is 32.1. The lowest BCUT2D eigenvalue weighted by Gasteiger charge is -2.13. The van der Waals surface area contributed by atoms with Gasteiger partial charge in [0.05, 0.1) is 14.9 Å². The van der Waals surface area contributed by atoms with Crippen LogP contribution in [0.3, 0.4) is 0 Å². The van der Waals surface area contributed by atoms with Crippen LogP contribution in [0, 0.1) is 0 Å². The third kappa shape index (κ3) is 5.11. The fourth-order valence-corrected chi connectivity index (χ4v) is 10.1. The maximum absolute atomic E-state index is 5.37. The summed E-state index contributed by atoms with van der Waals surface area (Å²) in [4.78, 5) is 20.9. The molecule has 0 amide bonds. The molecule has 0 unspecified atom stereocenters. The highest BCUT2D eigenvalue weighted by molar-refractivity contribution is 7.32. The highest BCUT2D eigenvalue weighted by Gasteiger charge is 2.22. The smallest absolute Gasteiger partial charge is 0.166 e. The zero-order valence-corrected chi connectivity index (χ0v) is 30.4. The lowest BCUT2D eigenvalue weighted by molar-refractivity contribution is 1.08. The number of aromatic nitrogens is 4. The van der Waals surface area contributed by atoms with Crippen LogP contribution >= 0.6 is 22.7 Å². The first kappa shape index (κ1) is 31.0. The second-order valence-corrected chi connectivity index (χ2v) is 15.4. The number of nitrogens with zero attached hydrogens (tertiary/aromatic N) is 4. The summed E-state index contributed by atoms with van der Waals surface area (Å²) in [7, 11) is 0. The Morgan fingerprint density at radius 1 is 0.315 bits per heavy atom. The van der Waals surface area contributed by atoms with E-state index in [0.717, 1.165) is 54.0 Å². The monoisotopic (exact) mass is 724 g/mol. The second-order valence-electron chi connectivity index (χ2n) is 13.4. The van der Waals surface area contributed by atoms with E-state index in [9.17, 15) is 0 Å². The molecule has 252 valence electrons. The summed E-state index contributed by atoms with van der Waals surface area (Å²) in [5, 5.41) is 8.14. The van der Waals surface area contributed by atoms with Crippen LogP contribution in [0.1, 0.15) is 0 Å². The van der Waals surface area contributed by atoms with Gasteiger partial charge in [0, 0.05) is 37.7 Å². The van der Waals surface area contributed by atoms with Crippen LogP contribution in [0.15, 0.2) is 170 Å². The molecule has 54 heavy (non-hydrogen) atoms. The zero-order valence-electron chi connectivity index (χ0n) is 28.8. The van der Waals surface area contributed by atoms with Crippen LogP contribution in [-0.2, 0) is 0 Å². The van der Waals surface area contributed by atoms with Gasteiger partial charge in [-0.1, -0.05) is 152 Å². The minimum Gasteiger partial charge on any atom is -0.236 e. The summed E-state index contributed by atoms with van der Waals surface area (Å²) >= 11 is 3.58. The number of benzene rings is 8. The van der Waals surface area contributed by atoms with Crippen molar-refractivity contribution in [3.63, 3.8) is 0 Å². The third-order valence-electron chi connectivity index (χ3n) is 10.1. The van der Waals surface area contributed by atoms with Gasteiger partial charge in [-0.2, -0.15) is 0 Å². The Hall–Kier alpha value is -6.60. The summed E-state index contributed by atoms with van der Waals surface area (Å²) in [5.74, 6) is 1.94. The Morgan fingerprint density at radius 2 is 0.944 bits per heavy atom. The van der Waals surface area contributed by atoms with Crippen molar-refractivity contribution in [2.45, 2.75) is 0 Å². The molecule has 0 radical (unpaired) electrons. The van der Waals surface area contributed by atoms with Gasteiger partial charge in [0.1, 0.15) is 5.01 Å². The molecule has 0 saturated heterocycles. The quantitative estimate of drug-likeness (QED) is 0.166. The predicted octanol–water partition coefficient (Wildman–Crippen LogP) is 13.5. The molecule has 0 aliphatic carbocycles. The number of hydrogen-bond donors (Lipinski definition) is 0. The molecule has 3 aromatic heterocycles. The molecule has 0 N–H and O–H groups in total. The molecule has 0 saturated carbocycles. The minimum atomic E-state index is 0.640. The number of fused-ring (bicyclic) bond motifs is 8. The third-order valence-corrected chi connectivity index (χ3v) is 12.7. The summed E-state index contributed by atoms with van der Waals surface area (Å²) in [6.45, 7) is 0. The van der Waals surface area contributed by atoms with Gasteiger partial charge in [-0.15, -0.1) is 22.7 Å². The van der Waals surface area contributed by atoms with Crippen LogP contribution < -0.4 is 0 Å². The van der Waals surface area contributed by atoms with Crippen LogP contribution in [0.4, 0.5) is 0 Å². The first-order chi connectivity index (χ1) is 26.7. The first-order valence-corrected chi connectivity index (χ1v) is 19.5. The summed E-state index contributed by atoms with van der Waals surface area (Å²) < 4.78 is 3.59. The van der Waals surface area contributed by atoms with E-state index in [2.05, 4.69) is 140 Å². The van der Waals surface area contributed by atoms with Gasteiger partial charge in [0.2, 0.25) is 0 Å². The van der Waals surface area contributed by atoms with Crippen molar-refractivity contribution in [3.05, 3.63) is 170 Å². The molecule has 0 bridgehead atoms. The lowest BCUT2D eigenvalue weighted by Crippen LogP contribution is -2.01. The largest absolute Gasteiger partial charge is 0.236 e. The predicted molar refractivity (Wildman–Crippen MR) is 228 cm³/mol. The SMILES string of the molecule is c1ccc(-c2cccc(-c3nc(-c4ccccc4)nc(-c4c5ccc6ccccc6c5cc5c4sc4c5ccc5nc(-c6ccccc6)sc54)n3)c2)cc1. The van der Waals surface area contributed by atoms with Gasteiger partial charge in [-0.05, 0) is 50.9 Å². The van der Waals surface area contributed by atoms with Crippen LogP contribution in [0.2, 0.25) is 0 Å². The van der Waals surface area contributed by atoms with E-state index in [1.807, 2.05) is 41.7 Å². The lowest BCUT2D eigenvalue weighted by atomic mass is 9.95. The molecule has 0 fully saturated rings. The van der Waals surface area contributed by atoms with Gasteiger partial charge in [-0.3, -0.25) is 0 Å². The molecule has 4 nitrogen and oxygen atoms in total. The minimum absolute atomic E-state index is 0.640. The Balaban J connectivity index is 1.23. The van der Waals surface area contributed by atoms with Crippen LogP contribution in [-0.4, -0.2) is 19.9 Å². The van der Waals surface area contributed by atoms with Crippen molar-refractivity contribution in [1.82, 2.24) is 19.9 Å². The summed E-state index contributed by atoms with van der Waals surface area (Å²) in [5.41, 5.74) is 7.32. The number of rotatable bonds is 5. The molecule has 6 heteroatoms. The van der Waals surface area contributed by atoms with Gasteiger partial charge in [0.15, 0.2) is 17.5 Å². The molecule has 0 atom stereocenters. The van der Waals surface area contributed by atoms with E-state index < -0.39 is 0 Å². The molecular formula is C48H28N4S2. The molecule has 3 heterocycles. The normalized spacial score (nSPS) is 11.7. The number of thiazole rings is 1. The average molecular weight is 725 g/mol. The molecule has 0 spiro atoms. The first-order valence-electron chi connectivity index (χ1n) is 17.9. The maximum atomic E-state index is 5.37. The Bertz CT molecular complexity index is 3210. The van der Waals surface area contributed by atoms with E-state index in [-0.39, 0.29) is 0 Å². The molecule has 8 aromatic carbocycles. The molecule has 11 aromatic rings. The van der Waals surface area contributed by atoms with Crippen molar-refractivity contribution in [2.24, 2.45) is 0 Å².